The summed E-state index contributed by atoms with van der Waals surface area (Å²) in [6, 6.07) is 4.99. The van der Waals surface area contributed by atoms with Gasteiger partial charge in [-0.05, 0) is 23.8 Å². The van der Waals surface area contributed by atoms with Gasteiger partial charge >= 0.3 is 11.9 Å². The molecule has 1 aromatic rings. The Morgan fingerprint density at radius 3 is 2.53 bits per heavy atom. The average Bonchev–Trinajstić information content (AvgIpc) is 2.45. The van der Waals surface area contributed by atoms with Crippen molar-refractivity contribution in [2.24, 2.45) is 0 Å². The van der Waals surface area contributed by atoms with Gasteiger partial charge in [0.05, 0.1) is 14.2 Å². The summed E-state index contributed by atoms with van der Waals surface area (Å²) in [5.41, 5.74) is 0.735. The SMILES string of the molecule is CCC(=O)Oc1ccc(C=CC(=O)OC)cc1OC. The van der Waals surface area contributed by atoms with Gasteiger partial charge in [0.1, 0.15) is 0 Å². The lowest BCUT2D eigenvalue weighted by Gasteiger charge is -2.09. The molecular weight excluding hydrogens is 248 g/mol. The lowest BCUT2D eigenvalue weighted by molar-refractivity contribution is -0.135. The fourth-order valence-corrected chi connectivity index (χ4v) is 1.30. The Hall–Kier alpha value is -2.30. The molecule has 0 atom stereocenters. The summed E-state index contributed by atoms with van der Waals surface area (Å²) in [4.78, 5) is 22.2. The molecule has 0 saturated carbocycles. The van der Waals surface area contributed by atoms with Crippen LogP contribution < -0.4 is 9.47 Å². The molecule has 0 saturated heterocycles. The first-order valence-corrected chi connectivity index (χ1v) is 5.75. The zero-order valence-electron chi connectivity index (χ0n) is 11.1. The average molecular weight is 264 g/mol. The molecule has 102 valence electrons. The van der Waals surface area contributed by atoms with E-state index in [1.165, 1.54) is 20.3 Å². The van der Waals surface area contributed by atoms with Crippen LogP contribution in [0.3, 0.4) is 0 Å². The van der Waals surface area contributed by atoms with Gasteiger partial charge in [-0.15, -0.1) is 0 Å². The maximum Gasteiger partial charge on any atom is 0.330 e. The van der Waals surface area contributed by atoms with Crippen LogP contribution in [0.15, 0.2) is 24.3 Å². The highest BCUT2D eigenvalue weighted by Gasteiger charge is 2.08. The second-order valence-corrected chi connectivity index (χ2v) is 3.59. The van der Waals surface area contributed by atoms with Crippen LogP contribution in [-0.4, -0.2) is 26.2 Å². The number of hydrogen-bond donors (Lipinski definition) is 0. The van der Waals surface area contributed by atoms with E-state index in [1.807, 2.05) is 0 Å². The van der Waals surface area contributed by atoms with Crippen LogP contribution in [0.1, 0.15) is 18.9 Å². The number of ether oxygens (including phenoxy) is 3. The van der Waals surface area contributed by atoms with E-state index in [-0.39, 0.29) is 12.4 Å². The van der Waals surface area contributed by atoms with Gasteiger partial charge in [-0.1, -0.05) is 13.0 Å². The largest absolute Gasteiger partial charge is 0.493 e. The summed E-state index contributed by atoms with van der Waals surface area (Å²) in [6.45, 7) is 1.71. The molecule has 5 nitrogen and oxygen atoms in total. The number of benzene rings is 1. The van der Waals surface area contributed by atoms with Gasteiger partial charge in [0.2, 0.25) is 0 Å². The molecule has 0 heterocycles. The summed E-state index contributed by atoms with van der Waals surface area (Å²) in [5.74, 6) is -0.00464. The van der Waals surface area contributed by atoms with Gasteiger partial charge < -0.3 is 14.2 Å². The zero-order valence-corrected chi connectivity index (χ0v) is 11.1. The van der Waals surface area contributed by atoms with Gasteiger partial charge in [0.15, 0.2) is 11.5 Å². The first-order chi connectivity index (χ1) is 9.10. The van der Waals surface area contributed by atoms with Crippen LogP contribution in [0.5, 0.6) is 11.5 Å². The third kappa shape index (κ3) is 4.46. The Morgan fingerprint density at radius 2 is 1.95 bits per heavy atom. The fraction of sp³-hybridized carbons (Fsp3) is 0.286. The predicted octanol–water partition coefficient (Wildman–Crippen LogP) is 2.20. The number of hydrogen-bond acceptors (Lipinski definition) is 5. The van der Waals surface area contributed by atoms with Crippen LogP contribution in [0.25, 0.3) is 6.08 Å². The third-order valence-electron chi connectivity index (χ3n) is 2.31. The molecule has 1 rings (SSSR count). The molecule has 1 aromatic carbocycles. The standard InChI is InChI=1S/C14H16O5/c1-4-13(15)19-11-7-5-10(9-12(11)17-2)6-8-14(16)18-3/h5-9H,4H2,1-3H3. The summed E-state index contributed by atoms with van der Waals surface area (Å²) >= 11 is 0. The Kier molecular flexibility index (Phi) is 5.60. The lowest BCUT2D eigenvalue weighted by atomic mass is 10.2. The first-order valence-electron chi connectivity index (χ1n) is 5.75. The predicted molar refractivity (Wildman–Crippen MR) is 70.0 cm³/mol. The van der Waals surface area contributed by atoms with Crippen molar-refractivity contribution >= 4 is 18.0 Å². The quantitative estimate of drug-likeness (QED) is 0.463. The van der Waals surface area contributed by atoms with Gasteiger partial charge in [-0.25, -0.2) is 4.79 Å². The summed E-state index contributed by atoms with van der Waals surface area (Å²) in [6.07, 6.45) is 3.17. The number of carbonyl (C=O) groups is 2. The lowest BCUT2D eigenvalue weighted by Crippen LogP contribution is -2.06. The fourth-order valence-electron chi connectivity index (χ4n) is 1.30. The van der Waals surface area contributed by atoms with E-state index in [9.17, 15) is 9.59 Å². The summed E-state index contributed by atoms with van der Waals surface area (Å²) in [5, 5.41) is 0. The summed E-state index contributed by atoms with van der Waals surface area (Å²) in [7, 11) is 2.78. The van der Waals surface area contributed by atoms with Gasteiger partial charge in [-0.2, -0.15) is 0 Å². The highest BCUT2D eigenvalue weighted by atomic mass is 16.6. The minimum absolute atomic E-state index is 0.285. The van der Waals surface area contributed by atoms with Crippen molar-refractivity contribution in [2.75, 3.05) is 14.2 Å². The Morgan fingerprint density at radius 1 is 1.21 bits per heavy atom. The Labute approximate surface area is 111 Å². The minimum Gasteiger partial charge on any atom is -0.493 e. The molecule has 0 amide bonds. The van der Waals surface area contributed by atoms with E-state index < -0.39 is 5.97 Å². The first kappa shape index (κ1) is 14.8. The van der Waals surface area contributed by atoms with E-state index in [1.54, 1.807) is 31.2 Å². The molecular formula is C14H16O5. The molecule has 19 heavy (non-hydrogen) atoms. The van der Waals surface area contributed by atoms with Crippen LogP contribution in [0.4, 0.5) is 0 Å². The summed E-state index contributed by atoms with van der Waals surface area (Å²) < 4.78 is 14.7. The van der Waals surface area contributed by atoms with Crippen molar-refractivity contribution in [2.45, 2.75) is 13.3 Å². The van der Waals surface area contributed by atoms with Crippen molar-refractivity contribution < 1.29 is 23.8 Å². The molecule has 0 bridgehead atoms. The normalized spacial score (nSPS) is 10.3. The van der Waals surface area contributed by atoms with Crippen molar-refractivity contribution in [3.8, 4) is 11.5 Å². The van der Waals surface area contributed by atoms with E-state index >= 15 is 0 Å². The van der Waals surface area contributed by atoms with E-state index in [0.717, 1.165) is 5.56 Å². The smallest absolute Gasteiger partial charge is 0.330 e. The van der Waals surface area contributed by atoms with Gasteiger partial charge in [-0.3, -0.25) is 4.79 Å². The van der Waals surface area contributed by atoms with Crippen molar-refractivity contribution in [1.29, 1.82) is 0 Å². The molecule has 0 aliphatic rings. The maximum absolute atomic E-state index is 11.2. The molecule has 0 N–H and O–H groups in total. The molecule has 0 aromatic heterocycles. The molecule has 0 unspecified atom stereocenters. The van der Waals surface area contributed by atoms with Gasteiger partial charge in [0.25, 0.3) is 0 Å². The van der Waals surface area contributed by atoms with E-state index in [2.05, 4.69) is 4.74 Å². The molecule has 0 aliphatic heterocycles. The second kappa shape index (κ2) is 7.20. The monoisotopic (exact) mass is 264 g/mol. The third-order valence-corrected chi connectivity index (χ3v) is 2.31. The topological polar surface area (TPSA) is 61.8 Å². The number of rotatable bonds is 5. The van der Waals surface area contributed by atoms with Crippen LogP contribution in [0.2, 0.25) is 0 Å². The molecule has 0 radical (unpaired) electrons. The highest BCUT2D eigenvalue weighted by Crippen LogP contribution is 2.28. The zero-order chi connectivity index (χ0) is 14.3. The van der Waals surface area contributed by atoms with E-state index in [0.29, 0.717) is 11.5 Å². The molecule has 0 aliphatic carbocycles. The van der Waals surface area contributed by atoms with Crippen molar-refractivity contribution in [1.82, 2.24) is 0 Å². The molecule has 5 heteroatoms. The highest BCUT2D eigenvalue weighted by molar-refractivity contribution is 5.87. The van der Waals surface area contributed by atoms with Crippen LogP contribution >= 0.6 is 0 Å². The van der Waals surface area contributed by atoms with Crippen molar-refractivity contribution in [3.63, 3.8) is 0 Å². The van der Waals surface area contributed by atoms with Crippen LogP contribution in [-0.2, 0) is 14.3 Å². The van der Waals surface area contributed by atoms with Crippen LogP contribution in [0, 0.1) is 0 Å². The van der Waals surface area contributed by atoms with E-state index in [4.69, 9.17) is 9.47 Å². The second-order valence-electron chi connectivity index (χ2n) is 3.59. The Bertz CT molecular complexity index is 491. The number of methoxy groups -OCH3 is 2. The molecule has 0 spiro atoms. The maximum atomic E-state index is 11.2. The van der Waals surface area contributed by atoms with Gasteiger partial charge in [0, 0.05) is 12.5 Å². The number of carbonyl (C=O) groups excluding carboxylic acids is 2. The number of esters is 2. The van der Waals surface area contributed by atoms with Crippen molar-refractivity contribution in [3.05, 3.63) is 29.8 Å². The minimum atomic E-state index is -0.444. The Balaban J connectivity index is 2.92. The molecule has 0 fully saturated rings.